The summed E-state index contributed by atoms with van der Waals surface area (Å²) in [6.45, 7) is 3.11. The number of hydrogen-bond donors (Lipinski definition) is 2. The molecule has 0 radical (unpaired) electrons. The Morgan fingerprint density at radius 1 is 1.61 bits per heavy atom. The highest BCUT2D eigenvalue weighted by atomic mass is 16.8. The third-order valence-electron chi connectivity index (χ3n) is 2.60. The number of benzene rings is 1. The second-order valence-electron chi connectivity index (χ2n) is 3.81. The number of nitrogens with zero attached hydrogens (tertiary/aromatic N) is 1. The summed E-state index contributed by atoms with van der Waals surface area (Å²) in [5.74, 6) is -0.749. The van der Waals surface area contributed by atoms with Crippen molar-refractivity contribution in [2.45, 2.75) is 19.3 Å². The number of rotatable bonds is 4. The molecule has 0 saturated heterocycles. The van der Waals surface area contributed by atoms with Crippen molar-refractivity contribution in [3.63, 3.8) is 0 Å². The molecule has 2 N–H and O–H groups in total. The van der Waals surface area contributed by atoms with Gasteiger partial charge in [0.15, 0.2) is 11.1 Å². The molecule has 18 heavy (non-hydrogen) atoms. The monoisotopic (exact) mass is 250 g/mol. The molecule has 0 heterocycles. The van der Waals surface area contributed by atoms with Crippen molar-refractivity contribution in [3.05, 3.63) is 35.0 Å². The van der Waals surface area contributed by atoms with Gasteiger partial charge in [-0.05, 0) is 13.8 Å². The van der Waals surface area contributed by atoms with Crippen LogP contribution in [0.4, 0.5) is 5.69 Å². The molecule has 0 fully saturated rings. The molecular weight excluding hydrogens is 236 g/mol. The van der Waals surface area contributed by atoms with E-state index in [1.807, 2.05) is 6.07 Å². The lowest BCUT2D eigenvalue weighted by molar-refractivity contribution is -0.991. The van der Waals surface area contributed by atoms with Gasteiger partial charge >= 0.3 is 5.97 Å². The Labute approximate surface area is 105 Å². The van der Waals surface area contributed by atoms with Gasteiger partial charge in [0.1, 0.15) is 0 Å². The van der Waals surface area contributed by atoms with E-state index in [9.17, 15) is 15.3 Å². The number of ether oxygens (including phenoxy) is 1. The number of nitrogens with one attached hydrogen (secondary N) is 1. The number of carbonyl (C=O) groups excluding carboxylic acids is 1. The van der Waals surface area contributed by atoms with Crippen molar-refractivity contribution in [3.8, 4) is 6.07 Å². The highest BCUT2D eigenvalue weighted by molar-refractivity contribution is 5.87. The Kier molecular flexibility index (Phi) is 4.39. The molecule has 0 spiro atoms. The number of carbonyl (C=O) groups is 1. The van der Waals surface area contributed by atoms with Crippen molar-refractivity contribution in [2.24, 2.45) is 0 Å². The van der Waals surface area contributed by atoms with Gasteiger partial charge in [0.25, 0.3) is 0 Å². The summed E-state index contributed by atoms with van der Waals surface area (Å²) in [5, 5.41) is 28.2. The van der Waals surface area contributed by atoms with E-state index in [0.29, 0.717) is 0 Å². The Morgan fingerprint density at radius 3 is 2.72 bits per heavy atom. The van der Waals surface area contributed by atoms with E-state index in [4.69, 9.17) is 9.94 Å². The zero-order valence-electron chi connectivity index (χ0n) is 10.1. The number of para-hydroxylation sites is 1. The van der Waals surface area contributed by atoms with Crippen LogP contribution >= 0.6 is 0 Å². The van der Waals surface area contributed by atoms with Crippen LogP contribution in [0.15, 0.2) is 24.3 Å². The zero-order chi connectivity index (χ0) is 13.8. The van der Waals surface area contributed by atoms with Gasteiger partial charge in [-0.1, -0.05) is 18.2 Å². The van der Waals surface area contributed by atoms with Crippen LogP contribution in [0.3, 0.4) is 0 Å². The van der Waals surface area contributed by atoms with Crippen molar-refractivity contribution in [2.75, 3.05) is 6.61 Å². The molecule has 0 aliphatic carbocycles. The van der Waals surface area contributed by atoms with Crippen LogP contribution in [0.25, 0.3) is 0 Å². The zero-order valence-corrected chi connectivity index (χ0v) is 10.1. The van der Waals surface area contributed by atoms with Crippen molar-refractivity contribution in [1.29, 1.82) is 5.26 Å². The molecule has 0 bridgehead atoms. The van der Waals surface area contributed by atoms with Gasteiger partial charge in [0.2, 0.25) is 0 Å². The topological polar surface area (TPSA) is 97.8 Å². The second-order valence-corrected chi connectivity index (χ2v) is 3.81. The first kappa shape index (κ1) is 14.1. The maximum absolute atomic E-state index is 11.8. The second kappa shape index (κ2) is 5.60. The van der Waals surface area contributed by atoms with Crippen LogP contribution < -0.4 is 5.23 Å². The average molecular weight is 250 g/mol. The molecule has 1 unspecified atom stereocenters. The molecule has 0 aliphatic heterocycles. The van der Waals surface area contributed by atoms with Gasteiger partial charge in [0, 0.05) is 11.6 Å². The predicted molar refractivity (Wildman–Crippen MR) is 61.8 cm³/mol. The summed E-state index contributed by atoms with van der Waals surface area (Å²) in [6, 6.07) is 7.76. The molecule has 1 aromatic rings. The lowest BCUT2D eigenvalue weighted by atomic mass is 9.83. The fraction of sp³-hybridized carbons (Fsp3) is 0.333. The Hall–Kier alpha value is -1.94. The minimum Gasteiger partial charge on any atom is -0.595 e. The van der Waals surface area contributed by atoms with Crippen LogP contribution in [-0.4, -0.2) is 17.8 Å². The van der Waals surface area contributed by atoms with E-state index >= 15 is 0 Å². The van der Waals surface area contributed by atoms with E-state index < -0.39 is 16.6 Å². The molecule has 0 aliphatic rings. The summed E-state index contributed by atoms with van der Waals surface area (Å²) < 4.78 is 4.83. The summed E-state index contributed by atoms with van der Waals surface area (Å²) >= 11 is 0. The van der Waals surface area contributed by atoms with E-state index in [2.05, 4.69) is 0 Å². The molecule has 1 rings (SSSR count). The van der Waals surface area contributed by atoms with E-state index in [1.165, 1.54) is 25.1 Å². The smallest absolute Gasteiger partial charge is 0.331 e. The van der Waals surface area contributed by atoms with Gasteiger partial charge in [-0.25, -0.2) is 10.0 Å². The lowest BCUT2D eigenvalue weighted by Crippen LogP contribution is -2.99. The quantitative estimate of drug-likeness (QED) is 0.596. The molecule has 6 nitrogen and oxygen atoms in total. The lowest BCUT2D eigenvalue weighted by Gasteiger charge is -2.23. The Balaban J connectivity index is 3.33. The summed E-state index contributed by atoms with van der Waals surface area (Å²) in [5.41, 5.74) is -1.56. The summed E-state index contributed by atoms with van der Waals surface area (Å²) in [4.78, 5) is 11.8. The first-order valence-electron chi connectivity index (χ1n) is 5.38. The van der Waals surface area contributed by atoms with Gasteiger partial charge in [-0.2, -0.15) is 10.5 Å². The van der Waals surface area contributed by atoms with Gasteiger partial charge < -0.3 is 9.94 Å². The normalized spacial score (nSPS) is 15.3. The van der Waals surface area contributed by atoms with Crippen LogP contribution in [-0.2, 0) is 14.9 Å². The maximum atomic E-state index is 11.8. The molecule has 0 amide bonds. The number of quaternary nitrogens is 1. The molecule has 2 atom stereocenters. The number of esters is 1. The van der Waals surface area contributed by atoms with Crippen molar-refractivity contribution in [1.82, 2.24) is 0 Å². The SMILES string of the molecule is CCOC(=O)[C@@](C)(C#N)c1ccccc1[NH+]([O-])O. The predicted octanol–water partition coefficient (Wildman–Crippen LogP) is 0.434. The Morgan fingerprint density at radius 2 is 2.22 bits per heavy atom. The minimum absolute atomic E-state index is 0.0744. The van der Waals surface area contributed by atoms with Gasteiger partial charge in [0.05, 0.1) is 12.7 Å². The average Bonchev–Trinajstić information content (AvgIpc) is 2.38. The Bertz CT molecular complexity index is 481. The highest BCUT2D eigenvalue weighted by Gasteiger charge is 2.40. The summed E-state index contributed by atoms with van der Waals surface area (Å²) in [7, 11) is 0. The maximum Gasteiger partial charge on any atom is 0.331 e. The highest BCUT2D eigenvalue weighted by Crippen LogP contribution is 2.29. The van der Waals surface area contributed by atoms with Crippen LogP contribution in [0, 0.1) is 16.5 Å². The van der Waals surface area contributed by atoms with E-state index in [-0.39, 0.29) is 17.9 Å². The third kappa shape index (κ3) is 2.49. The van der Waals surface area contributed by atoms with Crippen LogP contribution in [0.2, 0.25) is 0 Å². The van der Waals surface area contributed by atoms with Gasteiger partial charge in [-0.15, -0.1) is 0 Å². The number of hydrogen-bond acceptors (Lipinski definition) is 5. The number of nitriles is 1. The van der Waals surface area contributed by atoms with Crippen molar-refractivity contribution >= 4 is 11.7 Å². The summed E-state index contributed by atoms with van der Waals surface area (Å²) in [6.07, 6.45) is 0. The standard InChI is InChI=1S/C12H14N2O4/c1-3-18-11(15)12(2,8-13)9-6-4-5-7-10(9)14(16)17/h4-7,14,16H,3H2,1-2H3/t12-/m0/s1. The van der Waals surface area contributed by atoms with E-state index in [0.717, 1.165) is 0 Å². The van der Waals surface area contributed by atoms with Crippen molar-refractivity contribution < 1.29 is 20.0 Å². The minimum atomic E-state index is -1.62. The van der Waals surface area contributed by atoms with Crippen LogP contribution in [0.5, 0.6) is 0 Å². The fourth-order valence-electron chi connectivity index (χ4n) is 1.60. The third-order valence-corrected chi connectivity index (χ3v) is 2.60. The van der Waals surface area contributed by atoms with Crippen LogP contribution in [0.1, 0.15) is 19.4 Å². The molecular formula is C12H14N2O4. The first-order valence-corrected chi connectivity index (χ1v) is 5.38. The first-order chi connectivity index (χ1) is 8.47. The molecule has 0 saturated carbocycles. The van der Waals surface area contributed by atoms with Gasteiger partial charge in [-0.3, -0.25) is 0 Å². The molecule has 6 heteroatoms. The molecule has 1 aromatic carbocycles. The molecule has 96 valence electrons. The molecule has 0 aromatic heterocycles. The fourth-order valence-corrected chi connectivity index (χ4v) is 1.60. The van der Waals surface area contributed by atoms with E-state index in [1.54, 1.807) is 13.0 Å². The largest absolute Gasteiger partial charge is 0.595 e.